The molecule has 0 unspecified atom stereocenters. The minimum Gasteiger partial charge on any atom is -0.383 e. The molecule has 0 spiro atoms. The molecule has 0 amide bonds. The smallest absolute Gasteiger partial charge is 0.383 e. The third-order valence-electron chi connectivity index (χ3n) is 1.09. The number of thiophene rings is 1. The molecule has 2 aromatic rings. The van der Waals surface area contributed by atoms with Crippen molar-refractivity contribution in [2.75, 3.05) is 0 Å². The third-order valence-corrected chi connectivity index (χ3v) is 1.93. The lowest BCUT2D eigenvalue weighted by molar-refractivity contribution is 0.268. The van der Waals surface area contributed by atoms with Crippen molar-refractivity contribution in [3.63, 3.8) is 0 Å². The highest BCUT2D eigenvalue weighted by atomic mass is 32.1. The molecule has 62 valence electrons. The zero-order chi connectivity index (χ0) is 8.55. The Bertz CT molecular complexity index is 480. The van der Waals surface area contributed by atoms with Crippen LogP contribution in [0.5, 0.6) is 0 Å². The van der Waals surface area contributed by atoms with Gasteiger partial charge < -0.3 is 13.3 Å². The monoisotopic (exact) mass is 186 g/mol. The summed E-state index contributed by atoms with van der Waals surface area (Å²) >= 11 is 1.05. The maximum atomic E-state index is 10.6. The molecule has 0 fully saturated rings. The summed E-state index contributed by atoms with van der Waals surface area (Å²) in [6, 6.07) is 3.03. The zero-order valence-corrected chi connectivity index (χ0v) is 6.42. The van der Waals surface area contributed by atoms with Crippen LogP contribution < -0.4 is 11.6 Å². The molecule has 0 atom stereocenters. The molecule has 2 aromatic heterocycles. The van der Waals surface area contributed by atoms with Crippen molar-refractivity contribution in [1.29, 1.82) is 0 Å². The first-order valence-electron chi connectivity index (χ1n) is 2.95. The van der Waals surface area contributed by atoms with Crippen LogP contribution in [-0.2, 0) is 0 Å². The Morgan fingerprint density at radius 3 is 1.92 bits per heavy atom. The molecular formula is C6H2O5S. The highest BCUT2D eigenvalue weighted by molar-refractivity contribution is 7.22. The molecule has 2 bridgehead atoms. The van der Waals surface area contributed by atoms with Crippen molar-refractivity contribution in [3.8, 4) is 0 Å². The fourth-order valence-corrected chi connectivity index (χ4v) is 1.38. The van der Waals surface area contributed by atoms with E-state index in [4.69, 9.17) is 0 Å². The molecule has 0 radical (unpaired) electrons. The van der Waals surface area contributed by atoms with Crippen molar-refractivity contribution in [1.82, 2.24) is 0 Å². The van der Waals surface area contributed by atoms with Crippen LogP contribution in [0.25, 0.3) is 9.79 Å². The first-order chi connectivity index (χ1) is 5.74. The second-order valence-corrected chi connectivity index (χ2v) is 2.89. The summed E-state index contributed by atoms with van der Waals surface area (Å²) in [6.07, 6.45) is 0. The van der Waals surface area contributed by atoms with Gasteiger partial charge in [0.05, 0.1) is 0 Å². The summed E-state index contributed by atoms with van der Waals surface area (Å²) in [5, 5.41) is 0. The molecule has 0 N–H and O–H groups in total. The van der Waals surface area contributed by atoms with Crippen LogP contribution in [-0.4, -0.2) is 0 Å². The van der Waals surface area contributed by atoms with E-state index in [1.807, 2.05) is 0 Å². The highest BCUT2D eigenvalue weighted by Crippen LogP contribution is 2.15. The minimum atomic E-state index is -1.08. The fraction of sp³-hybridized carbons (Fsp3) is 0. The predicted octanol–water partition coefficient (Wildman–Crippen LogP) is 0.963. The maximum absolute atomic E-state index is 10.6. The molecular weight excluding hydrogens is 184 g/mol. The average Bonchev–Trinajstić information content (AvgIpc) is 2.33. The van der Waals surface area contributed by atoms with E-state index in [0.717, 1.165) is 11.3 Å². The Labute approximate surface area is 68.5 Å². The second-order valence-electron chi connectivity index (χ2n) is 1.88. The van der Waals surface area contributed by atoms with Crippen molar-refractivity contribution in [2.24, 2.45) is 0 Å². The molecule has 2 heterocycles. The predicted molar refractivity (Wildman–Crippen MR) is 40.0 cm³/mol. The van der Waals surface area contributed by atoms with E-state index in [1.165, 1.54) is 12.1 Å². The fourth-order valence-electron chi connectivity index (χ4n) is 0.687. The molecule has 0 aliphatic heterocycles. The molecule has 0 saturated heterocycles. The minimum absolute atomic E-state index is 0.336. The lowest BCUT2D eigenvalue weighted by atomic mass is 10.7. The van der Waals surface area contributed by atoms with Gasteiger partial charge in [0.2, 0.25) is 0 Å². The van der Waals surface area contributed by atoms with Crippen LogP contribution in [0.4, 0.5) is 0 Å². The molecule has 2 rings (SSSR count). The van der Waals surface area contributed by atoms with Gasteiger partial charge in [0, 0.05) is 0 Å². The van der Waals surface area contributed by atoms with Crippen LogP contribution in [0, 0.1) is 0 Å². The summed E-state index contributed by atoms with van der Waals surface area (Å²) in [5.74, 6) is -2.15. The van der Waals surface area contributed by atoms with E-state index in [0.29, 0.717) is 9.79 Å². The van der Waals surface area contributed by atoms with Gasteiger partial charge in [-0.25, -0.2) is 9.59 Å². The van der Waals surface area contributed by atoms with E-state index < -0.39 is 11.6 Å². The molecule has 5 nitrogen and oxygen atoms in total. The first-order valence-corrected chi connectivity index (χ1v) is 3.77. The van der Waals surface area contributed by atoms with E-state index in [-0.39, 0.29) is 0 Å². The van der Waals surface area contributed by atoms with Gasteiger partial charge in [-0.2, -0.15) is 0 Å². The highest BCUT2D eigenvalue weighted by Gasteiger charge is 1.97. The van der Waals surface area contributed by atoms with Crippen LogP contribution in [0.2, 0.25) is 0 Å². The summed E-state index contributed by atoms with van der Waals surface area (Å²) in [7, 11) is 0. The van der Waals surface area contributed by atoms with Crippen molar-refractivity contribution in [2.45, 2.75) is 0 Å². The van der Waals surface area contributed by atoms with Crippen molar-refractivity contribution < 1.29 is 13.3 Å². The normalized spacial score (nSPS) is 10.3. The van der Waals surface area contributed by atoms with Gasteiger partial charge in [-0.1, -0.05) is 11.3 Å². The second kappa shape index (κ2) is 2.49. The average molecular weight is 186 g/mol. The van der Waals surface area contributed by atoms with Crippen LogP contribution in [0.3, 0.4) is 0 Å². The maximum Gasteiger partial charge on any atom is 0.524 e. The van der Waals surface area contributed by atoms with Gasteiger partial charge in [-0.3, -0.25) is 0 Å². The number of rotatable bonds is 0. The topological polar surface area (TPSA) is 73.6 Å². The van der Waals surface area contributed by atoms with Gasteiger partial charge in [0.25, 0.3) is 0 Å². The lowest BCUT2D eigenvalue weighted by Gasteiger charge is -1.76. The Hall–Kier alpha value is -1.56. The van der Waals surface area contributed by atoms with Gasteiger partial charge >= 0.3 is 11.6 Å². The number of hydrogen-bond donors (Lipinski definition) is 0. The lowest BCUT2D eigenvalue weighted by Crippen LogP contribution is -2.03. The number of hydrogen-bond acceptors (Lipinski definition) is 6. The van der Waals surface area contributed by atoms with Gasteiger partial charge in [0.15, 0.2) is 9.79 Å². The Kier molecular flexibility index (Phi) is 1.47. The third kappa shape index (κ3) is 1.24. The van der Waals surface area contributed by atoms with Crippen molar-refractivity contribution in [3.05, 3.63) is 33.4 Å². The Morgan fingerprint density at radius 2 is 1.42 bits per heavy atom. The summed E-state index contributed by atoms with van der Waals surface area (Å²) in [6.45, 7) is 0. The molecule has 12 heavy (non-hydrogen) atoms. The van der Waals surface area contributed by atoms with Gasteiger partial charge in [-0.05, 0) is 12.1 Å². The summed E-state index contributed by atoms with van der Waals surface area (Å²) in [4.78, 5) is 21.9. The standard InChI is InChI=1S/C6H2O5S/c7-5-9-3-1-2-4(12-3)10-6(8)11-5/h1-2H. The quantitative estimate of drug-likeness (QED) is 0.612. The van der Waals surface area contributed by atoms with E-state index in [1.54, 1.807) is 0 Å². The number of fused-ring (bicyclic) bond motifs is 2. The Balaban J connectivity index is 3.05. The van der Waals surface area contributed by atoms with Crippen LogP contribution in [0.1, 0.15) is 0 Å². The van der Waals surface area contributed by atoms with E-state index in [9.17, 15) is 9.59 Å². The van der Waals surface area contributed by atoms with Crippen molar-refractivity contribution >= 4 is 21.1 Å². The summed E-state index contributed by atoms with van der Waals surface area (Å²) < 4.78 is 13.2. The molecule has 0 aliphatic rings. The van der Waals surface area contributed by atoms with Crippen LogP contribution >= 0.6 is 11.3 Å². The molecule has 0 aliphatic carbocycles. The molecule has 0 aromatic carbocycles. The zero-order valence-electron chi connectivity index (χ0n) is 5.60. The van der Waals surface area contributed by atoms with Crippen LogP contribution in [0.15, 0.2) is 35.0 Å². The summed E-state index contributed by atoms with van der Waals surface area (Å²) in [5.41, 5.74) is 0. The first kappa shape index (κ1) is 7.11. The van der Waals surface area contributed by atoms with E-state index >= 15 is 0 Å². The van der Waals surface area contributed by atoms with Gasteiger partial charge in [0.1, 0.15) is 0 Å². The largest absolute Gasteiger partial charge is 0.524 e. The Morgan fingerprint density at radius 1 is 0.917 bits per heavy atom. The van der Waals surface area contributed by atoms with E-state index in [2.05, 4.69) is 13.3 Å². The van der Waals surface area contributed by atoms with Gasteiger partial charge in [-0.15, -0.1) is 0 Å². The molecule has 6 heteroatoms. The molecule has 0 saturated carbocycles. The SMILES string of the molecule is O=c1oc(=O)oc2ccc(o1)s2.